The van der Waals surface area contributed by atoms with Crippen LogP contribution in [-0.4, -0.2) is 43.5 Å². The number of fused-ring (bicyclic) bond motifs is 3. The van der Waals surface area contributed by atoms with Gasteiger partial charge in [-0.25, -0.2) is 4.79 Å². The number of likely N-dealkylation sites (N-methyl/N-ethyl adjacent to an activating group) is 2. The Morgan fingerprint density at radius 1 is 1.33 bits per heavy atom. The number of benzene rings is 1. The zero-order valence-electron chi connectivity index (χ0n) is 15.1. The van der Waals surface area contributed by atoms with E-state index in [-0.39, 0.29) is 5.41 Å². The van der Waals surface area contributed by atoms with E-state index in [1.165, 1.54) is 11.3 Å². The second-order valence-corrected chi connectivity index (χ2v) is 8.85. The molecule has 24 heavy (non-hydrogen) atoms. The van der Waals surface area contributed by atoms with Crippen LogP contribution in [0.25, 0.3) is 0 Å². The van der Waals surface area contributed by atoms with E-state index in [1.54, 1.807) is 0 Å². The highest BCUT2D eigenvalue weighted by Gasteiger charge is 2.53. The van der Waals surface area contributed by atoms with Gasteiger partial charge in [0.2, 0.25) is 0 Å². The Kier molecular flexibility index (Phi) is 4.12. The average molecular weight is 397 g/mol. The Bertz CT molecular complexity index is 686. The third-order valence-corrected chi connectivity index (χ3v) is 5.54. The van der Waals surface area contributed by atoms with Gasteiger partial charge in [-0.2, -0.15) is 0 Å². The lowest BCUT2D eigenvalue weighted by atomic mass is 9.81. The van der Waals surface area contributed by atoms with Gasteiger partial charge in [0.25, 0.3) is 0 Å². The minimum Gasteiger partial charge on any atom is -0.428 e. The molecule has 1 aromatic rings. The van der Waals surface area contributed by atoms with Crippen molar-refractivity contribution in [3.8, 4) is 5.75 Å². The van der Waals surface area contributed by atoms with E-state index < -0.39 is 11.8 Å². The summed E-state index contributed by atoms with van der Waals surface area (Å²) in [6, 6.07) is 3.82. The predicted octanol–water partition coefficient (Wildman–Crippen LogP) is 4.13. The Labute approximate surface area is 152 Å². The first kappa shape index (κ1) is 17.5. The largest absolute Gasteiger partial charge is 0.514 e. The van der Waals surface area contributed by atoms with E-state index in [1.807, 2.05) is 32.9 Å². The first-order chi connectivity index (χ1) is 11.0. The minimum atomic E-state index is -0.675. The Balaban J connectivity index is 1.94. The third kappa shape index (κ3) is 2.80. The maximum atomic E-state index is 12.0. The maximum Gasteiger partial charge on any atom is 0.514 e. The van der Waals surface area contributed by atoms with E-state index in [0.717, 1.165) is 17.4 Å². The van der Waals surface area contributed by atoms with E-state index in [9.17, 15) is 4.79 Å². The van der Waals surface area contributed by atoms with Gasteiger partial charge >= 0.3 is 6.16 Å². The summed E-state index contributed by atoms with van der Waals surface area (Å²) < 4.78 is 11.6. The second kappa shape index (κ2) is 5.63. The molecule has 2 heterocycles. The van der Waals surface area contributed by atoms with E-state index in [0.29, 0.717) is 11.9 Å². The number of anilines is 1. The van der Waals surface area contributed by atoms with Crippen LogP contribution in [0.5, 0.6) is 5.75 Å². The molecule has 0 unspecified atom stereocenters. The lowest BCUT2D eigenvalue weighted by molar-refractivity contribution is 0.0206. The molecule has 2 aliphatic heterocycles. The van der Waals surface area contributed by atoms with Crippen LogP contribution in [0, 0.1) is 0 Å². The highest BCUT2D eigenvalue weighted by atomic mass is 79.9. The van der Waals surface area contributed by atoms with E-state index in [4.69, 9.17) is 9.47 Å². The van der Waals surface area contributed by atoms with Gasteiger partial charge in [-0.15, -0.1) is 0 Å². The molecule has 1 aromatic carbocycles. The molecular formula is C18H25BrN2O3. The number of halogens is 1. The molecular weight excluding hydrogens is 372 g/mol. The molecule has 0 N–H and O–H groups in total. The van der Waals surface area contributed by atoms with Gasteiger partial charge in [-0.3, -0.25) is 4.90 Å². The van der Waals surface area contributed by atoms with Crippen molar-refractivity contribution in [2.45, 2.75) is 51.3 Å². The summed E-state index contributed by atoms with van der Waals surface area (Å²) in [4.78, 5) is 16.7. The second-order valence-electron chi connectivity index (χ2n) is 8.00. The summed E-state index contributed by atoms with van der Waals surface area (Å²) in [6.07, 6.45) is 0.722. The van der Waals surface area contributed by atoms with Crippen LogP contribution in [0.2, 0.25) is 0 Å². The molecule has 3 rings (SSSR count). The molecule has 5 nitrogen and oxygen atoms in total. The number of rotatable bonds is 1. The summed E-state index contributed by atoms with van der Waals surface area (Å²) in [5.74, 6) is 0.514. The van der Waals surface area contributed by atoms with E-state index >= 15 is 0 Å². The summed E-state index contributed by atoms with van der Waals surface area (Å²) in [6.45, 7) is 8.80. The fraction of sp³-hybridized carbons (Fsp3) is 0.611. The molecule has 2 aliphatic rings. The lowest BCUT2D eigenvalue weighted by Gasteiger charge is -2.32. The molecule has 6 heteroatoms. The SMILES string of the molecule is CN1CC[C@@]2(C)c3cc(OC(=O)OC(C)(C)C)cc(Br)c3N(C)[C@H]12. The van der Waals surface area contributed by atoms with Crippen molar-refractivity contribution < 1.29 is 14.3 Å². The van der Waals surface area contributed by atoms with Gasteiger partial charge < -0.3 is 14.4 Å². The molecule has 0 aliphatic carbocycles. The average Bonchev–Trinajstić information content (AvgIpc) is 2.82. The molecule has 0 aromatic heterocycles. The van der Waals surface area contributed by atoms with Crippen LogP contribution in [0.4, 0.5) is 10.5 Å². The zero-order valence-corrected chi connectivity index (χ0v) is 16.7. The highest BCUT2D eigenvalue weighted by Crippen LogP contribution is 2.54. The number of nitrogens with zero attached hydrogens (tertiary/aromatic N) is 2. The van der Waals surface area contributed by atoms with Crippen molar-refractivity contribution in [2.24, 2.45) is 0 Å². The topological polar surface area (TPSA) is 42.0 Å². The quantitative estimate of drug-likeness (QED) is 0.527. The number of hydrogen-bond acceptors (Lipinski definition) is 5. The molecule has 2 atom stereocenters. The van der Waals surface area contributed by atoms with Gasteiger partial charge in [-0.1, -0.05) is 6.92 Å². The first-order valence-corrected chi connectivity index (χ1v) is 9.00. The molecule has 0 saturated carbocycles. The Morgan fingerprint density at radius 2 is 2.00 bits per heavy atom. The summed E-state index contributed by atoms with van der Waals surface area (Å²) in [7, 11) is 4.28. The van der Waals surface area contributed by atoms with Gasteiger partial charge in [0.05, 0.1) is 11.9 Å². The van der Waals surface area contributed by atoms with Crippen LogP contribution in [0.1, 0.15) is 39.7 Å². The third-order valence-electron chi connectivity index (χ3n) is 4.93. The Morgan fingerprint density at radius 3 is 2.62 bits per heavy atom. The summed E-state index contributed by atoms with van der Waals surface area (Å²) in [5, 5.41) is 0. The standard InChI is InChI=1S/C18H25BrN2O3/c1-17(2,3)24-16(22)23-11-9-12-14(13(19)10-11)21(6)15-18(12,4)7-8-20(15)5/h9-10,15H,7-8H2,1-6H3/t15-,18-/m0/s1. The summed E-state index contributed by atoms with van der Waals surface area (Å²) in [5.41, 5.74) is 1.84. The molecule has 0 radical (unpaired) electrons. The molecule has 1 fully saturated rings. The van der Waals surface area contributed by atoms with Gasteiger partial charge in [0.1, 0.15) is 11.4 Å². The number of ether oxygens (including phenoxy) is 2. The number of likely N-dealkylation sites (tertiary alicyclic amines) is 1. The highest BCUT2D eigenvalue weighted by molar-refractivity contribution is 9.10. The molecule has 132 valence electrons. The van der Waals surface area contributed by atoms with Crippen molar-refractivity contribution in [3.63, 3.8) is 0 Å². The number of carbonyl (C=O) groups is 1. The van der Waals surface area contributed by atoms with Crippen molar-refractivity contribution in [1.29, 1.82) is 0 Å². The monoisotopic (exact) mass is 396 g/mol. The van der Waals surface area contributed by atoms with Crippen LogP contribution >= 0.6 is 15.9 Å². The molecule has 0 bridgehead atoms. The molecule has 1 saturated heterocycles. The van der Waals surface area contributed by atoms with E-state index in [2.05, 4.69) is 46.7 Å². The van der Waals surface area contributed by atoms with Crippen molar-refractivity contribution in [3.05, 3.63) is 22.2 Å². The summed E-state index contributed by atoms with van der Waals surface area (Å²) >= 11 is 3.65. The van der Waals surface area contributed by atoms with Crippen molar-refractivity contribution >= 4 is 27.8 Å². The Hall–Kier alpha value is -1.27. The zero-order chi connectivity index (χ0) is 17.9. The van der Waals surface area contributed by atoms with Gasteiger partial charge in [0.15, 0.2) is 0 Å². The minimum absolute atomic E-state index is 0.0225. The normalized spacial score (nSPS) is 26.3. The van der Waals surface area contributed by atoms with Gasteiger partial charge in [0, 0.05) is 23.5 Å². The fourth-order valence-corrected chi connectivity index (χ4v) is 4.78. The smallest absolute Gasteiger partial charge is 0.428 e. The molecule has 0 amide bonds. The van der Waals surface area contributed by atoms with Crippen LogP contribution < -0.4 is 9.64 Å². The van der Waals surface area contributed by atoms with Crippen molar-refractivity contribution in [1.82, 2.24) is 4.90 Å². The van der Waals surface area contributed by atoms with Crippen LogP contribution in [-0.2, 0) is 10.2 Å². The van der Waals surface area contributed by atoms with Crippen molar-refractivity contribution in [2.75, 3.05) is 25.5 Å². The van der Waals surface area contributed by atoms with Gasteiger partial charge in [-0.05, 0) is 67.9 Å². The first-order valence-electron chi connectivity index (χ1n) is 8.21. The van der Waals surface area contributed by atoms with Crippen LogP contribution in [0.15, 0.2) is 16.6 Å². The predicted molar refractivity (Wildman–Crippen MR) is 97.8 cm³/mol. The number of hydrogen-bond donors (Lipinski definition) is 0. The fourth-order valence-electron chi connectivity index (χ4n) is 4.06. The van der Waals surface area contributed by atoms with Crippen LogP contribution in [0.3, 0.4) is 0 Å². The molecule has 0 spiro atoms. The lowest BCUT2D eigenvalue weighted by Crippen LogP contribution is -2.45. The number of carbonyl (C=O) groups excluding carboxylic acids is 1. The maximum absolute atomic E-state index is 12.0.